The van der Waals surface area contributed by atoms with Crippen molar-refractivity contribution in [3.63, 3.8) is 0 Å². The van der Waals surface area contributed by atoms with Crippen LogP contribution in [0.25, 0.3) is 0 Å². The van der Waals surface area contributed by atoms with Crippen LogP contribution in [0.5, 0.6) is 5.75 Å². The normalized spacial score (nSPS) is 11.4. The highest BCUT2D eigenvalue weighted by Gasteiger charge is 2.13. The van der Waals surface area contributed by atoms with Gasteiger partial charge < -0.3 is 4.74 Å². The molecule has 1 N–H and O–H groups in total. The average Bonchev–Trinajstić information content (AvgIpc) is 2.55. The summed E-state index contributed by atoms with van der Waals surface area (Å²) in [4.78, 5) is 0.234. The Morgan fingerprint density at radius 3 is 2.30 bits per heavy atom. The molecule has 0 atom stereocenters. The maximum atomic E-state index is 12.3. The van der Waals surface area contributed by atoms with Crippen molar-refractivity contribution in [2.45, 2.75) is 31.2 Å². The van der Waals surface area contributed by atoms with Crippen LogP contribution in [0.1, 0.15) is 25.3 Å². The first-order valence-electron chi connectivity index (χ1n) is 7.48. The van der Waals surface area contributed by atoms with Crippen molar-refractivity contribution >= 4 is 26.0 Å². The maximum Gasteiger partial charge on any atom is 0.240 e. The maximum absolute atomic E-state index is 12.3. The van der Waals surface area contributed by atoms with E-state index in [4.69, 9.17) is 4.74 Å². The lowest BCUT2D eigenvalue weighted by atomic mass is 10.2. The summed E-state index contributed by atoms with van der Waals surface area (Å²) < 4.78 is 33.7. The Hall–Kier alpha value is -1.37. The quantitative estimate of drug-likeness (QED) is 0.681. The summed E-state index contributed by atoms with van der Waals surface area (Å²) in [6.45, 7) is 2.99. The number of halogens is 1. The zero-order valence-corrected chi connectivity index (χ0v) is 15.4. The van der Waals surface area contributed by atoms with E-state index in [2.05, 4.69) is 27.6 Å². The number of benzene rings is 2. The van der Waals surface area contributed by atoms with Gasteiger partial charge in [-0.25, -0.2) is 13.1 Å². The van der Waals surface area contributed by atoms with Gasteiger partial charge in [0.05, 0.1) is 11.5 Å². The van der Waals surface area contributed by atoms with Crippen LogP contribution in [0, 0.1) is 0 Å². The summed E-state index contributed by atoms with van der Waals surface area (Å²) in [5.41, 5.74) is 0.899. The second-order valence-corrected chi connectivity index (χ2v) is 7.81. The van der Waals surface area contributed by atoms with Gasteiger partial charge in [-0.1, -0.05) is 41.4 Å². The van der Waals surface area contributed by atoms with Crippen molar-refractivity contribution in [1.82, 2.24) is 4.72 Å². The fraction of sp³-hybridized carbons (Fsp3) is 0.294. The highest BCUT2D eigenvalue weighted by atomic mass is 79.9. The van der Waals surface area contributed by atoms with E-state index in [9.17, 15) is 8.42 Å². The van der Waals surface area contributed by atoms with Gasteiger partial charge in [0, 0.05) is 11.0 Å². The molecule has 0 aromatic heterocycles. The molecule has 0 aliphatic carbocycles. The van der Waals surface area contributed by atoms with Gasteiger partial charge in [-0.05, 0) is 48.4 Å². The van der Waals surface area contributed by atoms with E-state index >= 15 is 0 Å². The van der Waals surface area contributed by atoms with Gasteiger partial charge in [0.2, 0.25) is 10.0 Å². The van der Waals surface area contributed by atoms with Crippen molar-refractivity contribution in [1.29, 1.82) is 0 Å². The second kappa shape index (κ2) is 8.47. The molecule has 4 nitrogen and oxygen atoms in total. The Kier molecular flexibility index (Phi) is 6.62. The van der Waals surface area contributed by atoms with Crippen molar-refractivity contribution in [3.8, 4) is 5.75 Å². The molecule has 0 amide bonds. The van der Waals surface area contributed by atoms with Gasteiger partial charge in [-0.3, -0.25) is 0 Å². The smallest absolute Gasteiger partial charge is 0.240 e. The van der Waals surface area contributed by atoms with Crippen LogP contribution in [0.3, 0.4) is 0 Å². The molecular formula is C17H20BrNO3S. The Labute approximate surface area is 146 Å². The summed E-state index contributed by atoms with van der Waals surface area (Å²) in [7, 11) is -3.53. The first kappa shape index (κ1) is 18.0. The number of ether oxygens (including phenoxy) is 1. The molecule has 0 bridgehead atoms. The molecule has 124 valence electrons. The number of rotatable bonds is 8. The third-order valence-corrected chi connectivity index (χ3v) is 5.23. The molecule has 0 fully saturated rings. The van der Waals surface area contributed by atoms with Crippen molar-refractivity contribution < 1.29 is 13.2 Å². The highest BCUT2D eigenvalue weighted by Crippen LogP contribution is 2.17. The molecule has 0 aliphatic heterocycles. The Balaban J connectivity index is 1.97. The van der Waals surface area contributed by atoms with Gasteiger partial charge in [0.25, 0.3) is 0 Å². The van der Waals surface area contributed by atoms with Crippen LogP contribution in [-0.4, -0.2) is 15.0 Å². The van der Waals surface area contributed by atoms with Crippen LogP contribution in [0.15, 0.2) is 57.9 Å². The molecule has 6 heteroatoms. The molecule has 0 aliphatic rings. The van der Waals surface area contributed by atoms with Crippen molar-refractivity contribution in [2.75, 3.05) is 6.61 Å². The Morgan fingerprint density at radius 1 is 1.04 bits per heavy atom. The third-order valence-electron chi connectivity index (χ3n) is 3.28. The lowest BCUT2D eigenvalue weighted by Gasteiger charge is -2.09. The molecule has 0 unspecified atom stereocenters. The minimum absolute atomic E-state index is 0.234. The van der Waals surface area contributed by atoms with Crippen LogP contribution in [0.4, 0.5) is 0 Å². The van der Waals surface area contributed by atoms with Gasteiger partial charge in [-0.15, -0.1) is 0 Å². The number of sulfonamides is 1. The minimum Gasteiger partial charge on any atom is -0.494 e. The largest absolute Gasteiger partial charge is 0.494 e. The fourth-order valence-corrected chi connectivity index (χ4v) is 3.20. The SMILES string of the molecule is CCCCOc1ccc(S(=O)(=O)NCc2ccc(Br)cc2)cc1. The van der Waals surface area contributed by atoms with Crippen molar-refractivity contribution in [2.24, 2.45) is 0 Å². The standard InChI is InChI=1S/C17H20BrNO3S/c1-2-3-12-22-16-8-10-17(11-9-16)23(20,21)19-13-14-4-6-15(18)7-5-14/h4-11,19H,2-3,12-13H2,1H3. The first-order chi connectivity index (χ1) is 11.0. The molecule has 0 spiro atoms. The molecule has 0 saturated carbocycles. The van der Waals surface area contributed by atoms with E-state index in [0.29, 0.717) is 12.4 Å². The number of nitrogens with one attached hydrogen (secondary N) is 1. The number of hydrogen-bond donors (Lipinski definition) is 1. The molecule has 0 saturated heterocycles. The van der Waals surface area contributed by atoms with Gasteiger partial charge in [-0.2, -0.15) is 0 Å². The molecule has 2 rings (SSSR count). The Bertz CT molecular complexity index is 713. The fourth-order valence-electron chi connectivity index (χ4n) is 1.91. The van der Waals surface area contributed by atoms with E-state index in [1.165, 1.54) is 0 Å². The molecule has 23 heavy (non-hydrogen) atoms. The van der Waals surface area contributed by atoms with E-state index in [0.717, 1.165) is 22.9 Å². The lowest BCUT2D eigenvalue weighted by molar-refractivity contribution is 0.309. The Morgan fingerprint density at radius 2 is 1.70 bits per heavy atom. The topological polar surface area (TPSA) is 55.4 Å². The minimum atomic E-state index is -3.53. The first-order valence-corrected chi connectivity index (χ1v) is 9.76. The summed E-state index contributed by atoms with van der Waals surface area (Å²) in [5.74, 6) is 0.685. The molecule has 2 aromatic carbocycles. The van der Waals surface area contributed by atoms with Crippen LogP contribution < -0.4 is 9.46 Å². The van der Waals surface area contributed by atoms with Crippen LogP contribution in [0.2, 0.25) is 0 Å². The van der Waals surface area contributed by atoms with Crippen LogP contribution >= 0.6 is 15.9 Å². The molecule has 0 radical (unpaired) electrons. The monoisotopic (exact) mass is 397 g/mol. The van der Waals surface area contributed by atoms with Gasteiger partial charge in [0.1, 0.15) is 5.75 Å². The third kappa shape index (κ3) is 5.64. The number of hydrogen-bond acceptors (Lipinski definition) is 3. The number of unbranched alkanes of at least 4 members (excludes halogenated alkanes) is 1. The second-order valence-electron chi connectivity index (χ2n) is 5.12. The van der Waals surface area contributed by atoms with Gasteiger partial charge >= 0.3 is 0 Å². The van der Waals surface area contributed by atoms with E-state index in [-0.39, 0.29) is 11.4 Å². The van der Waals surface area contributed by atoms with Gasteiger partial charge in [0.15, 0.2) is 0 Å². The predicted molar refractivity (Wildman–Crippen MR) is 95.0 cm³/mol. The zero-order chi connectivity index (χ0) is 16.7. The average molecular weight is 398 g/mol. The molecular weight excluding hydrogens is 378 g/mol. The van der Waals surface area contributed by atoms with Crippen molar-refractivity contribution in [3.05, 3.63) is 58.6 Å². The predicted octanol–water partition coefficient (Wildman–Crippen LogP) is 4.11. The van der Waals surface area contributed by atoms with E-state index in [1.54, 1.807) is 24.3 Å². The summed E-state index contributed by atoms with van der Waals surface area (Å²) in [5, 5.41) is 0. The highest BCUT2D eigenvalue weighted by molar-refractivity contribution is 9.10. The van der Waals surface area contributed by atoms with E-state index < -0.39 is 10.0 Å². The zero-order valence-electron chi connectivity index (χ0n) is 13.0. The van der Waals surface area contributed by atoms with E-state index in [1.807, 2.05) is 24.3 Å². The molecule has 0 heterocycles. The summed E-state index contributed by atoms with van der Waals surface area (Å²) in [6.07, 6.45) is 2.04. The lowest BCUT2D eigenvalue weighted by Crippen LogP contribution is -2.23. The summed E-state index contributed by atoms with van der Waals surface area (Å²) in [6, 6.07) is 14.0. The summed E-state index contributed by atoms with van der Waals surface area (Å²) >= 11 is 3.35. The molecule has 2 aromatic rings. The van der Waals surface area contributed by atoms with Crippen LogP contribution in [-0.2, 0) is 16.6 Å².